The first-order valence-corrected chi connectivity index (χ1v) is 9.64. The van der Waals surface area contributed by atoms with E-state index in [0.29, 0.717) is 17.1 Å². The lowest BCUT2D eigenvalue weighted by atomic mass is 10.1. The molecule has 0 radical (unpaired) electrons. The molecular weight excluding hydrogens is 370 g/mol. The van der Waals surface area contributed by atoms with Crippen LogP contribution in [0.4, 0.5) is 5.69 Å². The van der Waals surface area contributed by atoms with E-state index in [1.807, 2.05) is 18.2 Å². The second kappa shape index (κ2) is 11.1. The molecule has 0 heterocycles. The first-order valence-electron chi connectivity index (χ1n) is 9.64. The van der Waals surface area contributed by atoms with E-state index in [-0.39, 0.29) is 18.4 Å². The number of amides is 2. The highest BCUT2D eigenvalue weighted by Crippen LogP contribution is 2.28. The number of nitrogens with zero attached hydrogens (tertiary/aromatic N) is 1. The molecule has 0 aromatic heterocycles. The number of methoxy groups -OCH3 is 1. The van der Waals surface area contributed by atoms with Gasteiger partial charge >= 0.3 is 0 Å². The smallest absolute Gasteiger partial charge is 0.257 e. The largest absolute Gasteiger partial charge is 0.493 e. The van der Waals surface area contributed by atoms with E-state index < -0.39 is 0 Å². The van der Waals surface area contributed by atoms with Gasteiger partial charge in [0.25, 0.3) is 11.8 Å². The van der Waals surface area contributed by atoms with Crippen molar-refractivity contribution >= 4 is 17.5 Å². The topological polar surface area (TPSA) is 79.9 Å². The minimum Gasteiger partial charge on any atom is -0.493 e. The van der Waals surface area contributed by atoms with E-state index in [2.05, 4.69) is 35.4 Å². The number of carbonyl (C=O) groups excluding carboxylic acids is 2. The van der Waals surface area contributed by atoms with Gasteiger partial charge in [0, 0.05) is 24.8 Å². The number of hydrogen-bond donors (Lipinski definition) is 2. The second-order valence-corrected chi connectivity index (χ2v) is 6.44. The van der Waals surface area contributed by atoms with Crippen LogP contribution in [0.15, 0.2) is 42.5 Å². The number of hydrogen-bond acceptors (Lipinski definition) is 5. The monoisotopic (exact) mass is 399 g/mol. The second-order valence-electron chi connectivity index (χ2n) is 6.44. The van der Waals surface area contributed by atoms with Crippen LogP contribution in [0.1, 0.15) is 29.8 Å². The molecule has 0 unspecified atom stereocenters. The van der Waals surface area contributed by atoms with Crippen molar-refractivity contribution in [2.75, 3.05) is 39.2 Å². The predicted molar refractivity (Wildman–Crippen MR) is 114 cm³/mol. The molecule has 2 rings (SSSR count). The summed E-state index contributed by atoms with van der Waals surface area (Å²) in [5, 5.41) is 5.40. The third-order valence-corrected chi connectivity index (χ3v) is 4.55. The molecule has 0 aliphatic heterocycles. The van der Waals surface area contributed by atoms with E-state index >= 15 is 0 Å². The van der Waals surface area contributed by atoms with Crippen molar-refractivity contribution in [1.82, 2.24) is 10.2 Å². The van der Waals surface area contributed by atoms with Crippen LogP contribution in [0.25, 0.3) is 0 Å². The zero-order chi connectivity index (χ0) is 21.2. The molecule has 7 nitrogen and oxygen atoms in total. The van der Waals surface area contributed by atoms with Crippen molar-refractivity contribution in [3.05, 3.63) is 53.6 Å². The molecular formula is C22H29N3O4. The molecule has 0 aliphatic carbocycles. The molecule has 29 heavy (non-hydrogen) atoms. The zero-order valence-corrected chi connectivity index (χ0v) is 17.5. The van der Waals surface area contributed by atoms with Crippen LogP contribution < -0.4 is 20.1 Å². The summed E-state index contributed by atoms with van der Waals surface area (Å²) in [7, 11) is 3.02. The molecule has 7 heteroatoms. The highest BCUT2D eigenvalue weighted by atomic mass is 16.5. The zero-order valence-electron chi connectivity index (χ0n) is 17.5. The molecule has 0 saturated carbocycles. The van der Waals surface area contributed by atoms with E-state index in [0.717, 1.165) is 30.9 Å². The van der Waals surface area contributed by atoms with E-state index in [4.69, 9.17) is 9.47 Å². The van der Waals surface area contributed by atoms with Gasteiger partial charge in [-0.15, -0.1) is 0 Å². The number of nitrogens with one attached hydrogen (secondary N) is 2. The van der Waals surface area contributed by atoms with Crippen LogP contribution in [-0.2, 0) is 11.3 Å². The highest BCUT2D eigenvalue weighted by molar-refractivity contribution is 6.04. The first kappa shape index (κ1) is 22.2. The minimum atomic E-state index is -0.251. The summed E-state index contributed by atoms with van der Waals surface area (Å²) < 4.78 is 10.7. The van der Waals surface area contributed by atoms with E-state index in [1.54, 1.807) is 18.2 Å². The van der Waals surface area contributed by atoms with Crippen LogP contribution in [0.5, 0.6) is 11.5 Å². The van der Waals surface area contributed by atoms with E-state index in [1.165, 1.54) is 14.2 Å². The fourth-order valence-electron chi connectivity index (χ4n) is 2.80. The molecule has 0 aliphatic rings. The molecule has 0 atom stereocenters. The SMILES string of the molecule is CCN(CC)Cc1cccc(NC(=O)c2ccc(OCC(=O)NC)c(OC)c2)c1. The van der Waals surface area contributed by atoms with Crippen LogP contribution in [-0.4, -0.2) is 50.6 Å². The van der Waals surface area contributed by atoms with Crippen molar-refractivity contribution in [3.8, 4) is 11.5 Å². The number of likely N-dealkylation sites (N-methyl/N-ethyl adjacent to an activating group) is 1. The number of carbonyl (C=O) groups is 2. The van der Waals surface area contributed by atoms with Gasteiger partial charge in [-0.05, 0) is 49.0 Å². The normalized spacial score (nSPS) is 10.5. The van der Waals surface area contributed by atoms with Crippen LogP contribution in [0.3, 0.4) is 0 Å². The lowest BCUT2D eigenvalue weighted by Crippen LogP contribution is -2.25. The third-order valence-electron chi connectivity index (χ3n) is 4.55. The third kappa shape index (κ3) is 6.50. The fourth-order valence-corrected chi connectivity index (χ4v) is 2.80. The maximum absolute atomic E-state index is 12.7. The molecule has 0 saturated heterocycles. The molecule has 2 aromatic rings. The van der Waals surface area contributed by atoms with Gasteiger partial charge in [0.2, 0.25) is 0 Å². The molecule has 2 aromatic carbocycles. The van der Waals surface area contributed by atoms with Crippen LogP contribution in [0.2, 0.25) is 0 Å². The summed E-state index contributed by atoms with van der Waals surface area (Å²) >= 11 is 0. The lowest BCUT2D eigenvalue weighted by Gasteiger charge is -2.18. The van der Waals surface area contributed by atoms with Crippen molar-refractivity contribution in [3.63, 3.8) is 0 Å². The van der Waals surface area contributed by atoms with Crippen molar-refractivity contribution < 1.29 is 19.1 Å². The van der Waals surface area contributed by atoms with Gasteiger partial charge in [-0.3, -0.25) is 14.5 Å². The Hall–Kier alpha value is -3.06. The Morgan fingerprint density at radius 3 is 2.45 bits per heavy atom. The Balaban J connectivity index is 2.09. The number of benzene rings is 2. The van der Waals surface area contributed by atoms with Crippen LogP contribution >= 0.6 is 0 Å². The summed E-state index contributed by atoms with van der Waals surface area (Å²) in [6.45, 7) is 6.91. The van der Waals surface area contributed by atoms with Gasteiger partial charge in [-0.1, -0.05) is 26.0 Å². The summed E-state index contributed by atoms with van der Waals surface area (Å²) in [5.41, 5.74) is 2.31. The Morgan fingerprint density at radius 1 is 1.03 bits per heavy atom. The standard InChI is InChI=1S/C22H29N3O4/c1-5-25(6-2)14-16-8-7-9-18(12-16)24-22(27)17-10-11-19(20(13-17)28-4)29-15-21(26)23-3/h7-13H,5-6,14-15H2,1-4H3,(H,23,26)(H,24,27). The van der Waals surface area contributed by atoms with Gasteiger partial charge in [-0.25, -0.2) is 0 Å². The summed E-state index contributed by atoms with van der Waals surface area (Å²) in [6.07, 6.45) is 0. The average molecular weight is 399 g/mol. The van der Waals surface area contributed by atoms with Crippen LogP contribution in [0, 0.1) is 0 Å². The van der Waals surface area contributed by atoms with Crippen molar-refractivity contribution in [1.29, 1.82) is 0 Å². The molecule has 0 spiro atoms. The quantitative estimate of drug-likeness (QED) is 0.642. The van der Waals surface area contributed by atoms with Crippen molar-refractivity contribution in [2.24, 2.45) is 0 Å². The van der Waals surface area contributed by atoms with Crippen molar-refractivity contribution in [2.45, 2.75) is 20.4 Å². The molecule has 156 valence electrons. The minimum absolute atomic E-state index is 0.127. The average Bonchev–Trinajstić information content (AvgIpc) is 2.75. The van der Waals surface area contributed by atoms with Gasteiger partial charge in [-0.2, -0.15) is 0 Å². The predicted octanol–water partition coefficient (Wildman–Crippen LogP) is 2.91. The lowest BCUT2D eigenvalue weighted by molar-refractivity contribution is -0.122. The molecule has 2 amide bonds. The maximum Gasteiger partial charge on any atom is 0.257 e. The number of rotatable bonds is 10. The highest BCUT2D eigenvalue weighted by Gasteiger charge is 2.13. The van der Waals surface area contributed by atoms with Gasteiger partial charge < -0.3 is 20.1 Å². The Morgan fingerprint density at radius 2 is 1.79 bits per heavy atom. The van der Waals surface area contributed by atoms with Gasteiger partial charge in [0.05, 0.1) is 7.11 Å². The first-order chi connectivity index (χ1) is 14.0. The number of anilines is 1. The molecule has 0 bridgehead atoms. The summed E-state index contributed by atoms with van der Waals surface area (Å²) in [5.74, 6) is 0.283. The number of ether oxygens (including phenoxy) is 2. The van der Waals surface area contributed by atoms with Gasteiger partial charge in [0.15, 0.2) is 18.1 Å². The fraction of sp³-hybridized carbons (Fsp3) is 0.364. The summed E-state index contributed by atoms with van der Waals surface area (Å²) in [4.78, 5) is 26.3. The Bertz CT molecular complexity index is 835. The maximum atomic E-state index is 12.7. The Kier molecular flexibility index (Phi) is 8.48. The van der Waals surface area contributed by atoms with Gasteiger partial charge in [0.1, 0.15) is 0 Å². The summed E-state index contributed by atoms with van der Waals surface area (Å²) in [6, 6.07) is 12.7. The van der Waals surface area contributed by atoms with E-state index in [9.17, 15) is 9.59 Å². The molecule has 2 N–H and O–H groups in total. The molecule has 0 fully saturated rings. The Labute approximate surface area is 172 Å².